The summed E-state index contributed by atoms with van der Waals surface area (Å²) in [7, 11) is 0. The van der Waals surface area contributed by atoms with Crippen LogP contribution >= 0.6 is 0 Å². The van der Waals surface area contributed by atoms with Crippen molar-refractivity contribution in [2.75, 3.05) is 112 Å². The Kier molecular flexibility index (Phi) is 74.8. The van der Waals surface area contributed by atoms with Crippen molar-refractivity contribution in [3.8, 4) is 0 Å². The number of hydrogen-bond acceptors (Lipinski definition) is 30. The van der Waals surface area contributed by atoms with E-state index in [0.29, 0.717) is 178 Å². The molecule has 32 nitrogen and oxygen atoms in total. The molecule has 3 radical (unpaired) electrons. The average Bonchev–Trinajstić information content (AvgIpc) is 0.791. The largest absolute Gasteiger partial charge is 0.618 e. The minimum absolute atomic E-state index is 0. The second-order valence-corrected chi connectivity index (χ2v) is 33.2. The standard InChI is InChI=1S/C21H31NO5.2C19H25NO4.C16H17NO4.C16H21NO3.C16H17NO3.CH2O2.5CH4.CH3.B.H3N.Pd.H2/c1-3-26-20(23)12-13-22-14-18(21(24)27-4-2)10-11-19(22)16-25-15-17-8-6-5-7-9-17;2*1-2-24-19(22)17-11-20-10-15(18(17)21)8-9-16(20)13-23-12-14-6-4-3-5-7-14;1-2-21-16(18)14-8-9-15(17(19)10-14)12-20-11-13-6-4-3-5-7-13;2*1-2-20-16(18)14-8-9-15(17-10-14)12-19-11-13-6-4-3-5-7-13;2-1-3;;;;;;;;;;/h5-9,18-19H,3-4,10-16H2,1-2H3;2*3-7,15-16,21H,2,8-13H2,1H3;3-10H,2,11-12H2,1H3;3-7,10,15,17H,2,8-9,11-12H2,1H3;3-10H,2,11-12H2,1H3;1H,(H,2,3);5*1H4;1H3;;1H3;;1H/q;;;;;;;;;;;;-1;;;;/i;;;;;;;;;;;;;;;;1+1. The van der Waals surface area contributed by atoms with Crippen molar-refractivity contribution in [2.24, 2.45) is 17.8 Å². The first-order valence-corrected chi connectivity index (χ1v) is 47.9. The molecule has 4 bridgehead atoms. The summed E-state index contributed by atoms with van der Waals surface area (Å²) in [5.41, 5.74) is 10.3. The molecule has 14 rings (SSSR count). The van der Waals surface area contributed by atoms with Crippen molar-refractivity contribution >= 4 is 56.7 Å². The maximum absolute atomic E-state index is 12.1. The Labute approximate surface area is 896 Å². The van der Waals surface area contributed by atoms with Gasteiger partial charge >= 0.3 is 41.8 Å². The Morgan fingerprint density at radius 2 is 0.791 bits per heavy atom. The van der Waals surface area contributed by atoms with Crippen molar-refractivity contribution in [1.29, 1.82) is 0 Å². The molecule has 0 saturated carbocycles. The summed E-state index contributed by atoms with van der Waals surface area (Å²) in [5.74, 6) is -1.81. The molecule has 2 aromatic heterocycles. The molecule has 9 unspecified atom stereocenters. The summed E-state index contributed by atoms with van der Waals surface area (Å²) in [6.45, 7) is 24.8. The molecule has 3 fully saturated rings. The molecule has 6 aromatic carbocycles. The number of likely N-dealkylation sites (tertiary alicyclic amines) is 1. The number of aromatic nitrogens is 2. The molecule has 148 heavy (non-hydrogen) atoms. The van der Waals surface area contributed by atoms with Gasteiger partial charge in [-0.15, -0.1) is 0 Å². The van der Waals surface area contributed by atoms with E-state index in [1.54, 1.807) is 65.1 Å². The molecule has 0 amide bonds. The number of carbonyl (C=O) groups excluding carboxylic acids is 7. The minimum atomic E-state index is -0.501. The number of hydrogen-bond donors (Lipinski definition) is 5. The summed E-state index contributed by atoms with van der Waals surface area (Å²) < 4.78 is 70.2. The van der Waals surface area contributed by atoms with Crippen LogP contribution in [0.1, 0.15) is 210 Å². The van der Waals surface area contributed by atoms with Gasteiger partial charge in [-0.3, -0.25) is 34.1 Å². The Bertz CT molecular complexity index is 4950. The van der Waals surface area contributed by atoms with Crippen molar-refractivity contribution in [3.63, 3.8) is 0 Å². The van der Waals surface area contributed by atoms with Crippen LogP contribution in [0.25, 0.3) is 0 Å². The van der Waals surface area contributed by atoms with E-state index in [1.807, 2.05) is 172 Å². The SMILES string of the molecule is C.C.C.C.C.CCOC(=O)C1=C(O)C2CCC(COCc3ccccc3)N(C1)C2.CCOC(=O)C1=C(O)C2CCC(COCc3ccccc3)N(C1)C2.CCOC(=O)C1=CNC(COCc2ccccc2)CC1.CCOC(=O)CCN1CC(C(=O)OCC)CCC1COCc1ccccc1.CCOC(=O)c1ccc(COCc2ccccc2)[n+]([O-])c1.CCOC(=O)c1ccc(COCc2ccccc2)nc1.N.O=CO.[2HH].[B].[CH3-].[Pd]. The number of aliphatic hydroxyl groups is 2. The van der Waals surface area contributed by atoms with E-state index in [9.17, 15) is 49.0 Å². The number of aliphatic hydroxyl groups excluding tert-OH is 2. The number of piperidine rings is 3. The third kappa shape index (κ3) is 50.0. The second kappa shape index (κ2) is 80.2. The van der Waals surface area contributed by atoms with E-state index >= 15 is 0 Å². The van der Waals surface area contributed by atoms with Gasteiger partial charge in [0.25, 0.3) is 6.47 Å². The van der Waals surface area contributed by atoms with Crippen LogP contribution < -0.4 is 16.2 Å². The fourth-order valence-corrected chi connectivity index (χ4v) is 16.0. The number of benzene rings is 6. The molecule has 8 heterocycles. The number of carboxylic acid groups (broad SMARTS) is 1. The zero-order valence-electron chi connectivity index (χ0n) is 83.7. The van der Waals surface area contributed by atoms with Crippen LogP contribution in [0.15, 0.2) is 253 Å². The van der Waals surface area contributed by atoms with Crippen LogP contribution in [0.5, 0.6) is 0 Å². The predicted octanol–water partition coefficient (Wildman–Crippen LogP) is 19.1. The zero-order chi connectivity index (χ0) is 99.6. The minimum Gasteiger partial charge on any atom is -0.618 e. The van der Waals surface area contributed by atoms with Gasteiger partial charge in [-0.05, 0) is 151 Å². The van der Waals surface area contributed by atoms with Crippen molar-refractivity contribution < 1.29 is 142 Å². The van der Waals surface area contributed by atoms with Gasteiger partial charge in [0.1, 0.15) is 23.7 Å². The third-order valence-electron chi connectivity index (χ3n) is 23.2. The topological polar surface area (TPSA) is 414 Å². The van der Waals surface area contributed by atoms with Gasteiger partial charge in [0, 0.05) is 124 Å². The normalized spacial score (nSPS) is 17.6. The summed E-state index contributed by atoms with van der Waals surface area (Å²) in [4.78, 5) is 102. The fourth-order valence-electron chi connectivity index (χ4n) is 16.0. The van der Waals surface area contributed by atoms with E-state index < -0.39 is 17.9 Å². The Morgan fingerprint density at radius 3 is 1.17 bits per heavy atom. The molecule has 3 saturated heterocycles. The molecule has 6 aliphatic rings. The van der Waals surface area contributed by atoms with Crippen molar-refractivity contribution in [2.45, 2.75) is 220 Å². The number of pyridine rings is 2. The molecule has 34 heteroatoms. The summed E-state index contributed by atoms with van der Waals surface area (Å²) in [6.07, 6.45) is 11.8. The molecule has 821 valence electrons. The van der Waals surface area contributed by atoms with Gasteiger partial charge in [0.05, 0.1) is 159 Å². The maximum Gasteiger partial charge on any atom is 0.344 e. The van der Waals surface area contributed by atoms with Crippen LogP contribution in [0.2, 0.25) is 0 Å². The van der Waals surface area contributed by atoms with Gasteiger partial charge in [-0.1, -0.05) is 219 Å². The number of nitrogens with one attached hydrogen (secondary N) is 1. The molecular weight excluding hydrogens is 1980 g/mol. The van der Waals surface area contributed by atoms with E-state index in [4.69, 9.17) is 71.5 Å². The number of esters is 7. The number of ether oxygens (including phenoxy) is 13. The predicted molar refractivity (Wildman–Crippen MR) is 573 cm³/mol. The average molecular weight is 2150 g/mol. The molecule has 7 N–H and O–H groups in total. The van der Waals surface area contributed by atoms with E-state index in [2.05, 4.69) is 49.3 Å². The second-order valence-electron chi connectivity index (χ2n) is 33.2. The maximum atomic E-state index is 12.1. The number of rotatable bonds is 40. The smallest absolute Gasteiger partial charge is 0.344 e. The van der Waals surface area contributed by atoms with Crippen LogP contribution in [0.3, 0.4) is 0 Å². The van der Waals surface area contributed by atoms with Crippen molar-refractivity contribution in [3.05, 3.63) is 322 Å². The first-order chi connectivity index (χ1) is 67.7. The zero-order valence-corrected chi connectivity index (χ0v) is 85.2. The Hall–Kier alpha value is -11.9. The monoisotopic (exact) mass is 2150 g/mol. The van der Waals surface area contributed by atoms with E-state index in [1.165, 1.54) is 18.0 Å². The van der Waals surface area contributed by atoms with Crippen LogP contribution in [-0.2, 0) is 164 Å². The van der Waals surface area contributed by atoms with Gasteiger partial charge in [-0.2, -0.15) is 4.73 Å². The van der Waals surface area contributed by atoms with Crippen molar-refractivity contribution in [1.82, 2.24) is 31.2 Å². The van der Waals surface area contributed by atoms with Crippen LogP contribution in [0.4, 0.5) is 0 Å². The van der Waals surface area contributed by atoms with E-state index in [-0.39, 0.29) is 184 Å². The molecule has 9 atom stereocenters. The first-order valence-electron chi connectivity index (χ1n) is 47.9. The van der Waals surface area contributed by atoms with E-state index in [0.717, 1.165) is 98.0 Å². The number of nitrogens with zero attached hydrogens (tertiary/aromatic N) is 5. The number of fused-ring (bicyclic) bond motifs is 4. The Morgan fingerprint density at radius 1 is 0.432 bits per heavy atom. The summed E-state index contributed by atoms with van der Waals surface area (Å²) >= 11 is 0. The molecular formula is C114H166BN7O25Pd-. The number of carbonyl (C=O) groups is 8. The third-order valence-corrected chi connectivity index (χ3v) is 23.2. The van der Waals surface area contributed by atoms with Crippen LogP contribution in [-0.4, -0.2) is 228 Å². The molecule has 0 spiro atoms. The molecule has 0 aliphatic carbocycles. The van der Waals surface area contributed by atoms with Gasteiger partial charge in [0.2, 0.25) is 5.69 Å². The first kappa shape index (κ1) is 138. The summed E-state index contributed by atoms with van der Waals surface area (Å²) in [5, 5.41) is 42.5. The quantitative estimate of drug-likeness (QED) is 0.00453. The fraction of sp³-hybridized carbons (Fsp3) is 0.465. The van der Waals surface area contributed by atoms with Gasteiger partial charge in [-0.25, -0.2) is 24.0 Å². The molecule has 8 aromatic rings. The Balaban J connectivity index is -0.00000169. The van der Waals surface area contributed by atoms with Gasteiger partial charge < -0.3 is 101 Å². The van der Waals surface area contributed by atoms with Gasteiger partial charge in [0.15, 0.2) is 6.20 Å². The summed E-state index contributed by atoms with van der Waals surface area (Å²) in [6, 6.07) is 67.7. The van der Waals surface area contributed by atoms with Crippen LogP contribution in [0, 0.1) is 30.4 Å². The molecule has 6 aliphatic heterocycles.